The van der Waals surface area contributed by atoms with E-state index in [1.165, 1.54) is 93.4 Å². The third-order valence-corrected chi connectivity index (χ3v) is 11.7. The minimum absolute atomic E-state index is 0.0400. The van der Waals surface area contributed by atoms with E-state index in [4.69, 9.17) is 4.74 Å². The molecule has 2 aromatic rings. The first-order valence-corrected chi connectivity index (χ1v) is 18.4. The Morgan fingerprint density at radius 2 is 1.12 bits per heavy atom. The molecule has 5 nitrogen and oxygen atoms in total. The number of carbonyl (C=O) groups excluding carboxylic acids is 1. The minimum atomic E-state index is -4.36. The van der Waals surface area contributed by atoms with Crippen LogP contribution in [-0.4, -0.2) is 18.9 Å². The van der Waals surface area contributed by atoms with Crippen LogP contribution in [0.1, 0.15) is 172 Å². The molecule has 228 valence electrons. The molecule has 3 saturated carbocycles. The van der Waals surface area contributed by atoms with E-state index in [0.717, 1.165) is 56.1 Å². The monoisotopic (exact) mass is 592 g/mol. The third-order valence-electron chi connectivity index (χ3n) is 10.8. The lowest BCUT2D eigenvalue weighted by molar-refractivity contribution is 0.0728. The summed E-state index contributed by atoms with van der Waals surface area (Å²) in [5.41, 5.74) is 6.06. The summed E-state index contributed by atoms with van der Waals surface area (Å²) >= 11 is 0. The van der Waals surface area contributed by atoms with Crippen molar-refractivity contribution >= 4 is 16.1 Å². The zero-order valence-electron chi connectivity index (χ0n) is 25.2. The Balaban J connectivity index is 1.45. The molecule has 6 heteroatoms. The molecule has 0 saturated heterocycles. The molecular formula is C36H48O5S. The van der Waals surface area contributed by atoms with Crippen LogP contribution in [0.15, 0.2) is 29.2 Å². The highest BCUT2D eigenvalue weighted by atomic mass is 32.2. The molecule has 0 aromatic heterocycles. The van der Waals surface area contributed by atoms with E-state index >= 15 is 0 Å². The van der Waals surface area contributed by atoms with Crippen molar-refractivity contribution < 1.29 is 22.5 Å². The number of fused-ring (bicyclic) bond motifs is 1. The summed E-state index contributed by atoms with van der Waals surface area (Å²) in [5.74, 6) is 1.52. The van der Waals surface area contributed by atoms with Gasteiger partial charge in [-0.1, -0.05) is 76.3 Å². The Morgan fingerprint density at radius 1 is 0.643 bits per heavy atom. The Kier molecular flexibility index (Phi) is 9.40. The summed E-state index contributed by atoms with van der Waals surface area (Å²) < 4.78 is 40.7. The lowest BCUT2D eigenvalue weighted by atomic mass is 9.73. The normalized spacial score (nSPS) is 21.5. The average Bonchev–Trinajstić information content (AvgIpc) is 3.28. The van der Waals surface area contributed by atoms with E-state index < -0.39 is 10.1 Å². The van der Waals surface area contributed by atoms with Gasteiger partial charge in [-0.3, -0.25) is 4.55 Å². The zero-order chi connectivity index (χ0) is 29.1. The largest absolute Gasteiger partial charge is 0.423 e. The van der Waals surface area contributed by atoms with Crippen LogP contribution in [0.3, 0.4) is 0 Å². The van der Waals surface area contributed by atoms with Gasteiger partial charge in [-0.25, -0.2) is 4.79 Å². The number of hydrogen-bond donors (Lipinski definition) is 1. The standard InChI is InChI=1S/C36H48O5S/c37-36(41-33-21-22-34(42(38,39)40)30-20-12-4-11-19-29(30)33)35-31(26-15-7-2-8-16-26)23-28(25-13-5-1-6-14-25)24-32(35)27-17-9-3-10-18-27/h21-27H,1-20H2,(H,38,39,40). The summed E-state index contributed by atoms with van der Waals surface area (Å²) in [6, 6.07) is 7.83. The third kappa shape index (κ3) is 6.50. The van der Waals surface area contributed by atoms with Crippen molar-refractivity contribution in [2.45, 2.75) is 151 Å². The van der Waals surface area contributed by atoms with E-state index in [1.54, 1.807) is 6.07 Å². The van der Waals surface area contributed by atoms with Crippen LogP contribution in [0.4, 0.5) is 0 Å². The predicted molar refractivity (Wildman–Crippen MR) is 166 cm³/mol. The predicted octanol–water partition coefficient (Wildman–Crippen LogP) is 9.56. The number of benzene rings is 2. The summed E-state index contributed by atoms with van der Waals surface area (Å²) in [5, 5.41) is 0. The Hall–Kier alpha value is -2.18. The van der Waals surface area contributed by atoms with Crippen molar-refractivity contribution in [1.29, 1.82) is 0 Å². The van der Waals surface area contributed by atoms with Crippen molar-refractivity contribution in [3.05, 3.63) is 57.6 Å². The number of carbonyl (C=O) groups is 1. The average molecular weight is 593 g/mol. The van der Waals surface area contributed by atoms with E-state index in [-0.39, 0.29) is 10.9 Å². The van der Waals surface area contributed by atoms with Gasteiger partial charge in [-0.15, -0.1) is 0 Å². The molecule has 2 aromatic carbocycles. The van der Waals surface area contributed by atoms with Gasteiger partial charge in [0.05, 0.1) is 10.5 Å². The molecule has 4 aliphatic rings. The molecule has 0 atom stereocenters. The first kappa shape index (κ1) is 29.9. The van der Waals surface area contributed by atoms with Gasteiger partial charge >= 0.3 is 5.97 Å². The van der Waals surface area contributed by atoms with Gasteiger partial charge < -0.3 is 4.74 Å². The summed E-state index contributed by atoms with van der Waals surface area (Å²) in [6.07, 6.45) is 22.2. The fourth-order valence-corrected chi connectivity index (χ4v) is 9.33. The van der Waals surface area contributed by atoms with E-state index in [1.807, 2.05) is 0 Å². The van der Waals surface area contributed by atoms with Crippen LogP contribution < -0.4 is 4.74 Å². The molecule has 42 heavy (non-hydrogen) atoms. The van der Waals surface area contributed by atoms with Crippen LogP contribution in [0.5, 0.6) is 5.75 Å². The maximum Gasteiger partial charge on any atom is 0.344 e. The summed E-state index contributed by atoms with van der Waals surface area (Å²) in [6.45, 7) is 0. The smallest absolute Gasteiger partial charge is 0.344 e. The number of ether oxygens (including phenoxy) is 1. The molecule has 0 amide bonds. The van der Waals surface area contributed by atoms with Gasteiger partial charge in [-0.2, -0.15) is 8.42 Å². The minimum Gasteiger partial charge on any atom is -0.423 e. The fourth-order valence-electron chi connectivity index (χ4n) is 8.56. The first-order chi connectivity index (χ1) is 20.4. The lowest BCUT2D eigenvalue weighted by Gasteiger charge is -2.32. The second-order valence-electron chi connectivity index (χ2n) is 13.5. The van der Waals surface area contributed by atoms with Crippen LogP contribution in [0.25, 0.3) is 0 Å². The van der Waals surface area contributed by atoms with Crippen molar-refractivity contribution in [1.82, 2.24) is 0 Å². The van der Waals surface area contributed by atoms with Crippen LogP contribution >= 0.6 is 0 Å². The van der Waals surface area contributed by atoms with Gasteiger partial charge in [0.25, 0.3) is 10.1 Å². The molecule has 0 bridgehead atoms. The van der Waals surface area contributed by atoms with Gasteiger partial charge in [-0.05, 0) is 122 Å². The summed E-state index contributed by atoms with van der Waals surface area (Å²) in [4.78, 5) is 14.5. The lowest BCUT2D eigenvalue weighted by Crippen LogP contribution is -2.22. The number of esters is 1. The summed E-state index contributed by atoms with van der Waals surface area (Å²) in [7, 11) is -4.36. The molecule has 0 radical (unpaired) electrons. The van der Waals surface area contributed by atoms with Crippen molar-refractivity contribution in [2.75, 3.05) is 0 Å². The van der Waals surface area contributed by atoms with E-state index in [9.17, 15) is 17.8 Å². The number of hydrogen-bond acceptors (Lipinski definition) is 4. The topological polar surface area (TPSA) is 80.7 Å². The van der Waals surface area contributed by atoms with Gasteiger partial charge in [0, 0.05) is 0 Å². The molecule has 6 rings (SSSR count). The molecule has 0 spiro atoms. The molecular weight excluding hydrogens is 544 g/mol. The first-order valence-electron chi connectivity index (χ1n) is 16.9. The SMILES string of the molecule is O=C(Oc1ccc(S(=O)(=O)O)c2c1CCCCC2)c1c(C2CCCCC2)cc(C2CCCCC2)cc1C1CCCCC1. The van der Waals surface area contributed by atoms with Crippen molar-refractivity contribution in [2.24, 2.45) is 0 Å². The van der Waals surface area contributed by atoms with Crippen LogP contribution in [0.2, 0.25) is 0 Å². The molecule has 3 fully saturated rings. The molecule has 4 aliphatic carbocycles. The zero-order valence-corrected chi connectivity index (χ0v) is 26.0. The second-order valence-corrected chi connectivity index (χ2v) is 14.9. The maximum absolute atomic E-state index is 14.5. The Labute approximate surface area is 252 Å². The van der Waals surface area contributed by atoms with Crippen molar-refractivity contribution in [3.8, 4) is 5.75 Å². The van der Waals surface area contributed by atoms with Crippen LogP contribution in [-0.2, 0) is 23.0 Å². The molecule has 0 aliphatic heterocycles. The van der Waals surface area contributed by atoms with Gasteiger partial charge in [0.1, 0.15) is 5.75 Å². The highest BCUT2D eigenvalue weighted by Gasteiger charge is 2.32. The molecule has 1 N–H and O–H groups in total. The maximum atomic E-state index is 14.5. The van der Waals surface area contributed by atoms with E-state index in [0.29, 0.717) is 41.9 Å². The van der Waals surface area contributed by atoms with Crippen LogP contribution in [0, 0.1) is 0 Å². The quantitative estimate of drug-likeness (QED) is 0.156. The highest BCUT2D eigenvalue weighted by Crippen LogP contribution is 2.45. The van der Waals surface area contributed by atoms with Crippen molar-refractivity contribution in [3.63, 3.8) is 0 Å². The van der Waals surface area contributed by atoms with Gasteiger partial charge in [0.2, 0.25) is 0 Å². The molecule has 0 heterocycles. The Bertz CT molecular complexity index is 1340. The van der Waals surface area contributed by atoms with Gasteiger partial charge in [0.15, 0.2) is 0 Å². The molecule has 0 unspecified atom stereocenters. The van der Waals surface area contributed by atoms with E-state index in [2.05, 4.69) is 12.1 Å². The Morgan fingerprint density at radius 3 is 1.64 bits per heavy atom. The number of rotatable bonds is 6. The fraction of sp³-hybridized carbons (Fsp3) is 0.639. The second kappa shape index (κ2) is 13.2. The highest BCUT2D eigenvalue weighted by molar-refractivity contribution is 7.85.